The van der Waals surface area contributed by atoms with Crippen LogP contribution in [0.3, 0.4) is 0 Å². The minimum Gasteiger partial charge on any atom is -0.379 e. The molecule has 134 valence electrons. The van der Waals surface area contributed by atoms with Crippen LogP contribution in [0.15, 0.2) is 18.2 Å². The zero-order valence-electron chi connectivity index (χ0n) is 15.0. The molecule has 4 rings (SSSR count). The number of hydrogen-bond donors (Lipinski definition) is 1. The van der Waals surface area contributed by atoms with E-state index < -0.39 is 0 Å². The van der Waals surface area contributed by atoms with Crippen LogP contribution in [0.1, 0.15) is 25.0 Å². The molecule has 2 aromatic rings. The van der Waals surface area contributed by atoms with Gasteiger partial charge in [-0.2, -0.15) is 5.10 Å². The van der Waals surface area contributed by atoms with E-state index in [1.165, 1.54) is 19.3 Å². The predicted molar refractivity (Wildman–Crippen MR) is 97.7 cm³/mol. The number of anilines is 1. The molecule has 1 aromatic heterocycles. The number of urea groups is 1. The number of aryl methyl sites for hydroxylation is 2. The van der Waals surface area contributed by atoms with Crippen LogP contribution in [0.5, 0.6) is 0 Å². The third kappa shape index (κ3) is 3.23. The van der Waals surface area contributed by atoms with Crippen molar-refractivity contribution in [3.8, 4) is 0 Å². The summed E-state index contributed by atoms with van der Waals surface area (Å²) in [5, 5.41) is 8.65. The van der Waals surface area contributed by atoms with Crippen molar-refractivity contribution in [2.24, 2.45) is 18.9 Å². The van der Waals surface area contributed by atoms with Gasteiger partial charge < -0.3 is 15.0 Å². The van der Waals surface area contributed by atoms with Crippen molar-refractivity contribution in [3.05, 3.63) is 23.9 Å². The number of benzene rings is 1. The van der Waals surface area contributed by atoms with Gasteiger partial charge >= 0.3 is 6.03 Å². The Hall–Kier alpha value is -2.08. The minimum atomic E-state index is -0.0400. The molecule has 1 unspecified atom stereocenters. The zero-order valence-corrected chi connectivity index (χ0v) is 15.0. The zero-order chi connectivity index (χ0) is 17.4. The van der Waals surface area contributed by atoms with E-state index in [1.807, 2.05) is 41.8 Å². The number of nitrogens with one attached hydrogen (secondary N) is 1. The first-order chi connectivity index (χ1) is 12.1. The van der Waals surface area contributed by atoms with E-state index in [-0.39, 0.29) is 6.03 Å². The van der Waals surface area contributed by atoms with Gasteiger partial charge in [-0.3, -0.25) is 4.68 Å². The number of rotatable bonds is 2. The van der Waals surface area contributed by atoms with Crippen molar-refractivity contribution in [2.75, 3.05) is 31.6 Å². The summed E-state index contributed by atoms with van der Waals surface area (Å²) in [7, 11) is 1.94. The highest BCUT2D eigenvalue weighted by molar-refractivity contribution is 5.93. The molecule has 1 atom stereocenters. The fourth-order valence-corrected chi connectivity index (χ4v) is 3.83. The molecule has 1 aromatic carbocycles. The summed E-state index contributed by atoms with van der Waals surface area (Å²) in [6, 6.07) is 5.88. The summed E-state index contributed by atoms with van der Waals surface area (Å²) < 4.78 is 7.60. The van der Waals surface area contributed by atoms with Crippen LogP contribution in [0.25, 0.3) is 10.9 Å². The maximum atomic E-state index is 12.7. The Morgan fingerprint density at radius 1 is 1.32 bits per heavy atom. The molecule has 6 nitrogen and oxygen atoms in total. The highest BCUT2D eigenvalue weighted by Gasteiger charge is 2.31. The Kier molecular flexibility index (Phi) is 4.37. The topological polar surface area (TPSA) is 59.4 Å². The highest BCUT2D eigenvalue weighted by atomic mass is 16.5. The molecule has 0 bridgehead atoms. The summed E-state index contributed by atoms with van der Waals surface area (Å²) in [4.78, 5) is 14.6. The largest absolute Gasteiger partial charge is 0.379 e. The van der Waals surface area contributed by atoms with Crippen LogP contribution >= 0.6 is 0 Å². The molecule has 2 aliphatic rings. The Morgan fingerprint density at radius 3 is 2.92 bits per heavy atom. The minimum absolute atomic E-state index is 0.0400. The molecule has 0 radical (unpaired) electrons. The lowest BCUT2D eigenvalue weighted by molar-refractivity contribution is 0.0776. The molecule has 2 heterocycles. The number of carbonyl (C=O) groups is 1. The first-order valence-corrected chi connectivity index (χ1v) is 9.19. The standard InChI is InChI=1S/C19H26N4O2/c1-13-17-7-6-16(10-18(17)21-22(13)2)20-19(24)23-8-9-25-12-15(11-23)14-4-3-5-14/h6-7,10,14-15H,3-5,8-9,11-12H2,1-2H3,(H,20,24). The van der Waals surface area contributed by atoms with Crippen molar-refractivity contribution in [1.29, 1.82) is 0 Å². The summed E-state index contributed by atoms with van der Waals surface area (Å²) in [5.74, 6) is 1.20. The Morgan fingerprint density at radius 2 is 2.16 bits per heavy atom. The van der Waals surface area contributed by atoms with E-state index in [2.05, 4.69) is 10.4 Å². The van der Waals surface area contributed by atoms with Gasteiger partial charge in [0.2, 0.25) is 0 Å². The second-order valence-electron chi connectivity index (χ2n) is 7.34. The molecule has 1 aliphatic carbocycles. The van der Waals surface area contributed by atoms with Crippen molar-refractivity contribution in [2.45, 2.75) is 26.2 Å². The van der Waals surface area contributed by atoms with Crippen molar-refractivity contribution >= 4 is 22.6 Å². The molecule has 1 saturated carbocycles. The van der Waals surface area contributed by atoms with Crippen molar-refractivity contribution < 1.29 is 9.53 Å². The molecule has 1 saturated heterocycles. The van der Waals surface area contributed by atoms with Gasteiger partial charge in [0.05, 0.1) is 18.7 Å². The number of fused-ring (bicyclic) bond motifs is 1. The Bertz CT molecular complexity index is 781. The number of nitrogens with zero attached hydrogens (tertiary/aromatic N) is 3. The number of carbonyl (C=O) groups excluding carboxylic acids is 1. The third-order valence-electron chi connectivity index (χ3n) is 5.78. The second kappa shape index (κ2) is 6.67. The van der Waals surface area contributed by atoms with Gasteiger partial charge in [-0.1, -0.05) is 19.3 Å². The van der Waals surface area contributed by atoms with Gasteiger partial charge in [0, 0.05) is 42.8 Å². The maximum Gasteiger partial charge on any atom is 0.321 e. The molecule has 2 fully saturated rings. The van der Waals surface area contributed by atoms with Gasteiger partial charge in [-0.05, 0) is 31.0 Å². The average Bonchev–Trinajstić information content (AvgIpc) is 2.72. The summed E-state index contributed by atoms with van der Waals surface area (Å²) >= 11 is 0. The molecule has 1 N–H and O–H groups in total. The lowest BCUT2D eigenvalue weighted by atomic mass is 9.76. The monoisotopic (exact) mass is 342 g/mol. The van der Waals surface area contributed by atoms with Gasteiger partial charge in [0.15, 0.2) is 0 Å². The molecular weight excluding hydrogens is 316 g/mol. The Labute approximate surface area is 148 Å². The van der Waals surface area contributed by atoms with Crippen LogP contribution < -0.4 is 5.32 Å². The first-order valence-electron chi connectivity index (χ1n) is 9.19. The van der Waals surface area contributed by atoms with Crippen LogP contribution in [0.2, 0.25) is 0 Å². The summed E-state index contributed by atoms with van der Waals surface area (Å²) in [5.41, 5.74) is 2.83. The summed E-state index contributed by atoms with van der Waals surface area (Å²) in [6.45, 7) is 4.90. The van der Waals surface area contributed by atoms with Gasteiger partial charge in [0.1, 0.15) is 0 Å². The fourth-order valence-electron chi connectivity index (χ4n) is 3.83. The fraction of sp³-hybridized carbons (Fsp3) is 0.579. The van der Waals surface area contributed by atoms with Crippen molar-refractivity contribution in [1.82, 2.24) is 14.7 Å². The van der Waals surface area contributed by atoms with Gasteiger partial charge in [0.25, 0.3) is 0 Å². The van der Waals surface area contributed by atoms with E-state index in [0.29, 0.717) is 19.1 Å². The molecular formula is C19H26N4O2. The number of amides is 2. The van der Waals surface area contributed by atoms with Crippen LogP contribution in [0.4, 0.5) is 10.5 Å². The van der Waals surface area contributed by atoms with Crippen LogP contribution in [-0.4, -0.2) is 47.0 Å². The smallest absolute Gasteiger partial charge is 0.321 e. The summed E-state index contributed by atoms with van der Waals surface area (Å²) in [6.07, 6.45) is 3.87. The molecule has 2 amide bonds. The first kappa shape index (κ1) is 16.4. The van der Waals surface area contributed by atoms with E-state index >= 15 is 0 Å². The number of aromatic nitrogens is 2. The average molecular weight is 342 g/mol. The number of hydrogen-bond acceptors (Lipinski definition) is 3. The van der Waals surface area contributed by atoms with E-state index in [1.54, 1.807) is 0 Å². The van der Waals surface area contributed by atoms with Crippen molar-refractivity contribution in [3.63, 3.8) is 0 Å². The molecule has 6 heteroatoms. The van der Waals surface area contributed by atoms with Crippen LogP contribution in [-0.2, 0) is 11.8 Å². The third-order valence-corrected chi connectivity index (χ3v) is 5.78. The van der Waals surface area contributed by atoms with E-state index in [9.17, 15) is 4.79 Å². The lowest BCUT2D eigenvalue weighted by Gasteiger charge is -2.34. The molecule has 1 aliphatic heterocycles. The normalized spacial score (nSPS) is 21.8. The quantitative estimate of drug-likeness (QED) is 0.912. The van der Waals surface area contributed by atoms with E-state index in [4.69, 9.17) is 4.74 Å². The lowest BCUT2D eigenvalue weighted by Crippen LogP contribution is -2.41. The SMILES string of the molecule is Cc1c2ccc(NC(=O)N3CCOCC(C4CCC4)C3)cc2nn1C. The van der Waals surface area contributed by atoms with E-state index in [0.717, 1.165) is 41.4 Å². The molecule has 0 spiro atoms. The van der Waals surface area contributed by atoms with Gasteiger partial charge in [-0.15, -0.1) is 0 Å². The predicted octanol–water partition coefficient (Wildman–Crippen LogP) is 3.16. The molecule has 25 heavy (non-hydrogen) atoms. The Balaban J connectivity index is 1.46. The number of ether oxygens (including phenoxy) is 1. The van der Waals surface area contributed by atoms with Gasteiger partial charge in [-0.25, -0.2) is 4.79 Å². The second-order valence-corrected chi connectivity index (χ2v) is 7.34. The highest BCUT2D eigenvalue weighted by Crippen LogP contribution is 2.34. The van der Waals surface area contributed by atoms with Crippen LogP contribution in [0, 0.1) is 18.8 Å². The maximum absolute atomic E-state index is 12.7.